The lowest BCUT2D eigenvalue weighted by Crippen LogP contribution is -2.38. The maximum Gasteiger partial charge on any atom is 0.311 e. The molecule has 1 heterocycles. The highest BCUT2D eigenvalue weighted by molar-refractivity contribution is 5.81. The zero-order chi connectivity index (χ0) is 22.2. The summed E-state index contributed by atoms with van der Waals surface area (Å²) in [5.41, 5.74) is -0.300. The molecule has 0 aliphatic heterocycles. The number of rotatable bonds is 10. The minimum atomic E-state index is -0.945. The van der Waals surface area contributed by atoms with E-state index in [1.54, 1.807) is 12.1 Å². The van der Waals surface area contributed by atoms with E-state index in [0.29, 0.717) is 24.4 Å². The molecule has 3 rings (SSSR count). The number of ether oxygens (including phenoxy) is 2. The summed E-state index contributed by atoms with van der Waals surface area (Å²) in [6, 6.07) is 12.7. The first-order valence-corrected chi connectivity index (χ1v) is 9.65. The first-order chi connectivity index (χ1) is 15.0. The fourth-order valence-corrected chi connectivity index (χ4v) is 2.80. The van der Waals surface area contributed by atoms with Gasteiger partial charge in [0.2, 0.25) is 5.75 Å². The van der Waals surface area contributed by atoms with Crippen LogP contribution in [0.4, 0.5) is 10.1 Å². The van der Waals surface area contributed by atoms with Crippen molar-refractivity contribution in [3.63, 3.8) is 0 Å². The molecule has 31 heavy (non-hydrogen) atoms. The second kappa shape index (κ2) is 10.2. The second-order valence-corrected chi connectivity index (χ2v) is 6.63. The largest absolute Gasteiger partial charge is 0.473 e. The molecule has 1 aromatic heterocycles. The third kappa shape index (κ3) is 6.05. The van der Waals surface area contributed by atoms with Crippen LogP contribution in [0.5, 0.6) is 17.2 Å². The number of nitro groups is 1. The molecule has 1 unspecified atom stereocenters. The Balaban J connectivity index is 1.78. The van der Waals surface area contributed by atoms with Crippen molar-refractivity contribution in [1.29, 1.82) is 0 Å². The summed E-state index contributed by atoms with van der Waals surface area (Å²) in [6.07, 6.45) is 1.53. The van der Waals surface area contributed by atoms with Gasteiger partial charge in [-0.15, -0.1) is 0 Å². The fourth-order valence-electron chi connectivity index (χ4n) is 2.80. The van der Waals surface area contributed by atoms with Crippen molar-refractivity contribution in [3.8, 4) is 17.2 Å². The zero-order valence-corrected chi connectivity index (χ0v) is 16.7. The molecule has 0 aliphatic rings. The number of nitrogens with zero attached hydrogens (tertiary/aromatic N) is 1. The van der Waals surface area contributed by atoms with Gasteiger partial charge >= 0.3 is 5.69 Å². The molecule has 1 N–H and O–H groups in total. The van der Waals surface area contributed by atoms with E-state index < -0.39 is 22.8 Å². The minimum absolute atomic E-state index is 0.101. The third-order valence-electron chi connectivity index (χ3n) is 4.31. The van der Waals surface area contributed by atoms with Gasteiger partial charge in [-0.2, -0.15) is 0 Å². The number of benzene rings is 2. The highest BCUT2D eigenvalue weighted by Crippen LogP contribution is 2.34. The molecule has 0 radical (unpaired) electrons. The van der Waals surface area contributed by atoms with E-state index in [4.69, 9.17) is 13.9 Å². The smallest absolute Gasteiger partial charge is 0.311 e. The molecule has 0 saturated carbocycles. The molecular weight excluding hydrogens is 407 g/mol. The highest BCUT2D eigenvalue weighted by atomic mass is 19.1. The summed E-state index contributed by atoms with van der Waals surface area (Å²) in [5, 5.41) is 14.2. The Morgan fingerprint density at radius 1 is 1.19 bits per heavy atom. The van der Waals surface area contributed by atoms with Crippen molar-refractivity contribution in [1.82, 2.24) is 5.32 Å². The molecule has 9 heteroatoms. The van der Waals surface area contributed by atoms with Gasteiger partial charge < -0.3 is 19.2 Å². The van der Waals surface area contributed by atoms with Crippen LogP contribution >= 0.6 is 0 Å². The van der Waals surface area contributed by atoms with Gasteiger partial charge in [0, 0.05) is 12.1 Å². The summed E-state index contributed by atoms with van der Waals surface area (Å²) in [4.78, 5) is 23.5. The van der Waals surface area contributed by atoms with Crippen molar-refractivity contribution >= 4 is 11.6 Å². The summed E-state index contributed by atoms with van der Waals surface area (Å²) < 4.78 is 29.6. The molecule has 1 atom stereocenters. The number of hydrogen-bond acceptors (Lipinski definition) is 6. The van der Waals surface area contributed by atoms with E-state index in [-0.39, 0.29) is 23.7 Å². The Kier molecular flexibility index (Phi) is 7.21. The van der Waals surface area contributed by atoms with Crippen molar-refractivity contribution in [2.24, 2.45) is 0 Å². The van der Waals surface area contributed by atoms with Crippen LogP contribution in [0.1, 0.15) is 25.5 Å². The number of nitrogens with one attached hydrogen (secondary N) is 1. The fraction of sp³-hybridized carbons (Fsp3) is 0.227. The number of nitro benzene ring substituents is 1. The van der Waals surface area contributed by atoms with E-state index in [9.17, 15) is 19.3 Å². The summed E-state index contributed by atoms with van der Waals surface area (Å²) >= 11 is 0. The molecular formula is C22H21FN2O6. The van der Waals surface area contributed by atoms with Gasteiger partial charge in [-0.25, -0.2) is 4.39 Å². The van der Waals surface area contributed by atoms with Gasteiger partial charge in [-0.1, -0.05) is 13.3 Å². The van der Waals surface area contributed by atoms with Gasteiger partial charge in [0.25, 0.3) is 5.91 Å². The molecule has 0 bridgehead atoms. The second-order valence-electron chi connectivity index (χ2n) is 6.63. The molecule has 0 fully saturated rings. The van der Waals surface area contributed by atoms with E-state index in [0.717, 1.165) is 0 Å². The van der Waals surface area contributed by atoms with Crippen LogP contribution in [0.2, 0.25) is 0 Å². The predicted molar refractivity (Wildman–Crippen MR) is 109 cm³/mol. The number of carbonyl (C=O) groups is 1. The summed E-state index contributed by atoms with van der Waals surface area (Å²) in [5.74, 6) is 0.238. The van der Waals surface area contributed by atoms with Gasteiger partial charge in [-0.3, -0.25) is 14.9 Å². The molecule has 0 aliphatic carbocycles. The predicted octanol–water partition coefficient (Wildman–Crippen LogP) is 4.98. The number of halogens is 1. The van der Waals surface area contributed by atoms with E-state index in [1.807, 2.05) is 6.92 Å². The Bertz CT molecular complexity index is 1020. The van der Waals surface area contributed by atoms with E-state index in [2.05, 4.69) is 5.32 Å². The lowest BCUT2D eigenvalue weighted by atomic mass is 10.2. The first kappa shape index (κ1) is 21.8. The molecule has 0 saturated heterocycles. The molecule has 8 nitrogen and oxygen atoms in total. The maximum absolute atomic E-state index is 13.1. The minimum Gasteiger partial charge on any atom is -0.473 e. The molecule has 2 aromatic carbocycles. The summed E-state index contributed by atoms with van der Waals surface area (Å²) in [7, 11) is 0. The van der Waals surface area contributed by atoms with Crippen molar-refractivity contribution in [3.05, 3.63) is 82.6 Å². The van der Waals surface area contributed by atoms with Gasteiger partial charge in [-0.05, 0) is 48.9 Å². The Labute approximate surface area is 177 Å². The normalized spacial score (nSPS) is 11.5. The SMILES string of the molecule is CCCC(Oc1cc(Oc2ccc(F)cc2)ccc1[N+](=O)[O-])C(=O)NCc1ccco1. The van der Waals surface area contributed by atoms with Crippen LogP contribution < -0.4 is 14.8 Å². The number of furan rings is 1. The van der Waals surface area contributed by atoms with Gasteiger partial charge in [0.1, 0.15) is 23.1 Å². The number of hydrogen-bond donors (Lipinski definition) is 1. The quantitative estimate of drug-likeness (QED) is 0.361. The van der Waals surface area contributed by atoms with E-state index >= 15 is 0 Å². The van der Waals surface area contributed by atoms with Crippen LogP contribution in [0, 0.1) is 15.9 Å². The number of amides is 1. The van der Waals surface area contributed by atoms with Crippen molar-refractivity contribution in [2.75, 3.05) is 0 Å². The molecule has 162 valence electrons. The van der Waals surface area contributed by atoms with Crippen LogP contribution in [0.3, 0.4) is 0 Å². The zero-order valence-electron chi connectivity index (χ0n) is 16.7. The van der Waals surface area contributed by atoms with Crippen LogP contribution in [0.25, 0.3) is 0 Å². The summed E-state index contributed by atoms with van der Waals surface area (Å²) in [6.45, 7) is 2.05. The van der Waals surface area contributed by atoms with Crippen molar-refractivity contribution < 1.29 is 28.0 Å². The first-order valence-electron chi connectivity index (χ1n) is 9.65. The van der Waals surface area contributed by atoms with Crippen LogP contribution in [-0.4, -0.2) is 16.9 Å². The maximum atomic E-state index is 13.1. The topological polar surface area (TPSA) is 104 Å². The third-order valence-corrected chi connectivity index (χ3v) is 4.31. The van der Waals surface area contributed by atoms with Crippen LogP contribution in [-0.2, 0) is 11.3 Å². The lowest BCUT2D eigenvalue weighted by Gasteiger charge is -2.18. The number of carbonyl (C=O) groups excluding carboxylic acids is 1. The standard InChI is InChI=1S/C22H21FN2O6/c1-2-4-20(22(26)24-14-18-5-3-12-29-18)31-21-13-17(10-11-19(21)25(27)28)30-16-8-6-15(23)7-9-16/h3,5-13,20H,2,4,14H2,1H3,(H,24,26). The average Bonchev–Trinajstić information content (AvgIpc) is 3.27. The van der Waals surface area contributed by atoms with Crippen molar-refractivity contribution in [2.45, 2.75) is 32.4 Å². The molecule has 0 spiro atoms. The molecule has 3 aromatic rings. The molecule has 1 amide bonds. The monoisotopic (exact) mass is 428 g/mol. The van der Waals surface area contributed by atoms with Gasteiger partial charge in [0.15, 0.2) is 6.10 Å². The lowest BCUT2D eigenvalue weighted by molar-refractivity contribution is -0.386. The highest BCUT2D eigenvalue weighted by Gasteiger charge is 2.25. The Hall–Kier alpha value is -3.88. The van der Waals surface area contributed by atoms with Gasteiger partial charge in [0.05, 0.1) is 17.7 Å². The average molecular weight is 428 g/mol. The Morgan fingerprint density at radius 3 is 2.58 bits per heavy atom. The van der Waals surface area contributed by atoms with Crippen LogP contribution in [0.15, 0.2) is 65.3 Å². The Morgan fingerprint density at radius 2 is 1.94 bits per heavy atom. The van der Waals surface area contributed by atoms with E-state index in [1.165, 1.54) is 48.7 Å².